The Labute approximate surface area is 106 Å². The lowest BCUT2D eigenvalue weighted by atomic mass is 10.1. The van der Waals surface area contributed by atoms with Crippen LogP contribution < -0.4 is 5.73 Å². The minimum absolute atomic E-state index is 0.287. The smallest absolute Gasteiger partial charge is 0.0932 e. The molecule has 2 heterocycles. The van der Waals surface area contributed by atoms with Crippen molar-refractivity contribution < 1.29 is 0 Å². The van der Waals surface area contributed by atoms with Gasteiger partial charge in [-0.3, -0.25) is 4.98 Å². The Morgan fingerprint density at radius 1 is 1.35 bits per heavy atom. The quantitative estimate of drug-likeness (QED) is 0.884. The summed E-state index contributed by atoms with van der Waals surface area (Å²) in [5.74, 6) is 0. The molecule has 0 spiro atoms. The van der Waals surface area contributed by atoms with Gasteiger partial charge in [-0.25, -0.2) is 4.98 Å². The average molecular weight is 247 g/mol. The molecule has 0 saturated heterocycles. The molecule has 0 bridgehead atoms. The number of nitrogens with zero attached hydrogens (tertiary/aromatic N) is 2. The maximum atomic E-state index is 5.73. The van der Waals surface area contributed by atoms with Crippen LogP contribution in [0.2, 0.25) is 0 Å². The fourth-order valence-corrected chi connectivity index (χ4v) is 2.51. The second kappa shape index (κ2) is 5.89. The van der Waals surface area contributed by atoms with Crippen molar-refractivity contribution in [3.05, 3.63) is 34.9 Å². The molecule has 4 heteroatoms. The molecule has 0 aliphatic rings. The molecule has 1 atom stereocenters. The zero-order valence-corrected chi connectivity index (χ0v) is 10.8. The highest BCUT2D eigenvalue weighted by Gasteiger charge is 2.04. The van der Waals surface area contributed by atoms with E-state index >= 15 is 0 Å². The number of hydrogen-bond acceptors (Lipinski definition) is 4. The summed E-state index contributed by atoms with van der Waals surface area (Å²) in [6.45, 7) is 2.05. The highest BCUT2D eigenvalue weighted by molar-refractivity contribution is 7.09. The molecule has 0 saturated carbocycles. The second-order valence-electron chi connectivity index (χ2n) is 4.23. The van der Waals surface area contributed by atoms with E-state index in [-0.39, 0.29) is 6.04 Å². The van der Waals surface area contributed by atoms with Crippen LogP contribution in [-0.4, -0.2) is 16.0 Å². The molecule has 0 aliphatic heterocycles. The molecule has 3 nitrogen and oxygen atoms in total. The molecule has 2 aromatic heterocycles. The van der Waals surface area contributed by atoms with E-state index in [4.69, 9.17) is 5.73 Å². The third kappa shape index (κ3) is 3.61. The Morgan fingerprint density at radius 2 is 2.12 bits per heavy atom. The van der Waals surface area contributed by atoms with Crippen LogP contribution in [0, 0.1) is 0 Å². The molecule has 0 aromatic carbocycles. The summed E-state index contributed by atoms with van der Waals surface area (Å²) in [5, 5.41) is 3.30. The monoisotopic (exact) mass is 247 g/mol. The number of pyridine rings is 1. The van der Waals surface area contributed by atoms with Crippen molar-refractivity contribution in [2.24, 2.45) is 5.73 Å². The standard InChI is InChI=1S/C13H17N3S/c1-10(14)3-2-4-13-16-12(9-17-13)11-5-7-15-8-6-11/h5-10H,2-4,14H2,1H3. The molecule has 90 valence electrons. The minimum Gasteiger partial charge on any atom is -0.328 e. The van der Waals surface area contributed by atoms with E-state index < -0.39 is 0 Å². The van der Waals surface area contributed by atoms with Crippen molar-refractivity contribution in [3.63, 3.8) is 0 Å². The van der Waals surface area contributed by atoms with Crippen molar-refractivity contribution in [3.8, 4) is 11.3 Å². The van der Waals surface area contributed by atoms with Crippen LogP contribution in [0.15, 0.2) is 29.9 Å². The van der Waals surface area contributed by atoms with Gasteiger partial charge in [0.1, 0.15) is 0 Å². The average Bonchev–Trinajstić information content (AvgIpc) is 2.78. The van der Waals surface area contributed by atoms with Crippen molar-refractivity contribution in [1.82, 2.24) is 9.97 Å². The van der Waals surface area contributed by atoms with Gasteiger partial charge < -0.3 is 5.73 Å². The maximum Gasteiger partial charge on any atom is 0.0932 e. The Hall–Kier alpha value is -1.26. The van der Waals surface area contributed by atoms with Crippen molar-refractivity contribution in [1.29, 1.82) is 0 Å². The van der Waals surface area contributed by atoms with Gasteiger partial charge in [0, 0.05) is 29.4 Å². The van der Waals surface area contributed by atoms with Gasteiger partial charge in [-0.2, -0.15) is 0 Å². The Morgan fingerprint density at radius 3 is 2.82 bits per heavy atom. The van der Waals surface area contributed by atoms with Crippen molar-refractivity contribution in [2.75, 3.05) is 0 Å². The molecule has 0 radical (unpaired) electrons. The van der Waals surface area contributed by atoms with Crippen LogP contribution in [-0.2, 0) is 6.42 Å². The Balaban J connectivity index is 1.97. The molecule has 2 rings (SSSR count). The summed E-state index contributed by atoms with van der Waals surface area (Å²) in [4.78, 5) is 8.64. The summed E-state index contributed by atoms with van der Waals surface area (Å²) in [6.07, 6.45) is 6.79. The van der Waals surface area contributed by atoms with E-state index in [9.17, 15) is 0 Å². The van der Waals surface area contributed by atoms with Crippen LogP contribution in [0.5, 0.6) is 0 Å². The first-order chi connectivity index (χ1) is 8.25. The van der Waals surface area contributed by atoms with Crippen LogP contribution in [0.3, 0.4) is 0 Å². The number of hydrogen-bond donors (Lipinski definition) is 1. The molecule has 0 aliphatic carbocycles. The Bertz CT molecular complexity index is 451. The molecule has 17 heavy (non-hydrogen) atoms. The second-order valence-corrected chi connectivity index (χ2v) is 5.17. The normalized spacial score (nSPS) is 12.6. The van der Waals surface area contributed by atoms with Crippen molar-refractivity contribution in [2.45, 2.75) is 32.2 Å². The summed E-state index contributed by atoms with van der Waals surface area (Å²) in [5.41, 5.74) is 7.91. The van der Waals surface area contributed by atoms with Gasteiger partial charge in [0.05, 0.1) is 10.7 Å². The largest absolute Gasteiger partial charge is 0.328 e. The number of thiazole rings is 1. The topological polar surface area (TPSA) is 51.8 Å². The summed E-state index contributed by atoms with van der Waals surface area (Å²) >= 11 is 1.72. The lowest BCUT2D eigenvalue weighted by Crippen LogP contribution is -2.14. The lowest BCUT2D eigenvalue weighted by molar-refractivity contribution is 0.623. The molecule has 1 unspecified atom stereocenters. The first-order valence-corrected chi connectivity index (χ1v) is 6.74. The third-order valence-electron chi connectivity index (χ3n) is 2.58. The SMILES string of the molecule is CC(N)CCCc1nc(-c2ccncc2)cs1. The maximum absolute atomic E-state index is 5.73. The summed E-state index contributed by atoms with van der Waals surface area (Å²) in [6, 6.07) is 4.26. The molecule has 2 aromatic rings. The van der Waals surface area contributed by atoms with E-state index in [1.807, 2.05) is 19.1 Å². The number of aryl methyl sites for hydroxylation is 1. The van der Waals surface area contributed by atoms with E-state index in [1.165, 1.54) is 5.01 Å². The molecular weight excluding hydrogens is 230 g/mol. The highest BCUT2D eigenvalue weighted by atomic mass is 32.1. The molecule has 2 N–H and O–H groups in total. The molecular formula is C13H17N3S. The summed E-state index contributed by atoms with van der Waals surface area (Å²) in [7, 11) is 0. The van der Waals surface area contributed by atoms with Crippen LogP contribution >= 0.6 is 11.3 Å². The van der Waals surface area contributed by atoms with Gasteiger partial charge in [-0.15, -0.1) is 11.3 Å². The predicted octanol–water partition coefficient (Wildman–Crippen LogP) is 2.88. The number of rotatable bonds is 5. The van der Waals surface area contributed by atoms with Crippen molar-refractivity contribution >= 4 is 11.3 Å². The van der Waals surface area contributed by atoms with E-state index in [0.29, 0.717) is 0 Å². The van der Waals surface area contributed by atoms with E-state index in [1.54, 1.807) is 23.7 Å². The van der Waals surface area contributed by atoms with E-state index in [0.717, 1.165) is 30.5 Å². The first-order valence-electron chi connectivity index (χ1n) is 5.86. The zero-order chi connectivity index (χ0) is 12.1. The van der Waals surface area contributed by atoms with Gasteiger partial charge in [0.25, 0.3) is 0 Å². The third-order valence-corrected chi connectivity index (χ3v) is 3.49. The number of aromatic nitrogens is 2. The van der Waals surface area contributed by atoms with Crippen LogP contribution in [0.25, 0.3) is 11.3 Å². The van der Waals surface area contributed by atoms with Crippen LogP contribution in [0.1, 0.15) is 24.8 Å². The predicted molar refractivity (Wildman–Crippen MR) is 71.9 cm³/mol. The lowest BCUT2D eigenvalue weighted by Gasteiger charge is -2.01. The molecule has 0 fully saturated rings. The van der Waals surface area contributed by atoms with Gasteiger partial charge >= 0.3 is 0 Å². The van der Waals surface area contributed by atoms with Gasteiger partial charge in [-0.1, -0.05) is 0 Å². The molecule has 0 amide bonds. The highest BCUT2D eigenvalue weighted by Crippen LogP contribution is 2.22. The number of nitrogens with two attached hydrogens (primary N) is 1. The zero-order valence-electron chi connectivity index (χ0n) is 9.97. The first kappa shape index (κ1) is 12.2. The van der Waals surface area contributed by atoms with Gasteiger partial charge in [0.2, 0.25) is 0 Å². The van der Waals surface area contributed by atoms with Gasteiger partial charge in [-0.05, 0) is 38.3 Å². The fraction of sp³-hybridized carbons (Fsp3) is 0.385. The summed E-state index contributed by atoms with van der Waals surface area (Å²) < 4.78 is 0. The van der Waals surface area contributed by atoms with E-state index in [2.05, 4.69) is 15.3 Å². The minimum atomic E-state index is 0.287. The van der Waals surface area contributed by atoms with Gasteiger partial charge in [0.15, 0.2) is 0 Å². The Kier molecular flexibility index (Phi) is 4.23. The fourth-order valence-electron chi connectivity index (χ4n) is 1.66. The van der Waals surface area contributed by atoms with Crippen LogP contribution in [0.4, 0.5) is 0 Å².